The Morgan fingerprint density at radius 3 is 2.27 bits per heavy atom. The van der Waals surface area contributed by atoms with E-state index in [1.165, 1.54) is 4.90 Å². The van der Waals surface area contributed by atoms with Crippen LogP contribution in [0.25, 0.3) is 11.6 Å². The first-order chi connectivity index (χ1) is 14.5. The van der Waals surface area contributed by atoms with E-state index in [1.807, 2.05) is 12.1 Å². The van der Waals surface area contributed by atoms with Crippen molar-refractivity contribution >= 4 is 46.7 Å². The minimum absolute atomic E-state index is 0.149. The normalized spacial score (nSPS) is 14.8. The van der Waals surface area contributed by atoms with Gasteiger partial charge in [-0.1, -0.05) is 65.7 Å². The standard InChI is InChI=1S/C24H17Cl2NO3/c1-30-17-11-9-15(10-12-17)14-27-23(28)19-7-3-2-6-18(19)20(24(27)29)13-16-5-4-8-21(25)22(16)26/h2-13H,14H2,1H3/b20-13-. The smallest absolute Gasteiger partial charge is 0.261 e. The average Bonchev–Trinajstić information content (AvgIpc) is 2.77. The molecule has 30 heavy (non-hydrogen) atoms. The van der Waals surface area contributed by atoms with Gasteiger partial charge in [0.25, 0.3) is 11.8 Å². The van der Waals surface area contributed by atoms with Gasteiger partial charge in [-0.25, -0.2) is 0 Å². The van der Waals surface area contributed by atoms with Gasteiger partial charge in [0.1, 0.15) is 5.75 Å². The third kappa shape index (κ3) is 3.72. The van der Waals surface area contributed by atoms with Gasteiger partial charge in [0, 0.05) is 11.1 Å². The van der Waals surface area contributed by atoms with E-state index in [1.54, 1.807) is 67.8 Å². The molecule has 2 amide bonds. The molecule has 1 aliphatic rings. The third-order valence-corrected chi connectivity index (χ3v) is 5.78. The topological polar surface area (TPSA) is 46.6 Å². The number of rotatable bonds is 4. The van der Waals surface area contributed by atoms with Crippen LogP contribution < -0.4 is 4.74 Å². The van der Waals surface area contributed by atoms with Gasteiger partial charge in [-0.15, -0.1) is 0 Å². The molecule has 0 unspecified atom stereocenters. The van der Waals surface area contributed by atoms with Crippen molar-refractivity contribution in [3.63, 3.8) is 0 Å². The first kappa shape index (κ1) is 20.2. The van der Waals surface area contributed by atoms with Crippen LogP contribution in [0.5, 0.6) is 5.75 Å². The first-order valence-electron chi connectivity index (χ1n) is 9.24. The maximum absolute atomic E-state index is 13.4. The molecule has 0 aliphatic carbocycles. The molecule has 150 valence electrons. The van der Waals surface area contributed by atoms with Gasteiger partial charge in [-0.3, -0.25) is 14.5 Å². The summed E-state index contributed by atoms with van der Waals surface area (Å²) in [4.78, 5) is 27.7. The largest absolute Gasteiger partial charge is 0.497 e. The molecular formula is C24H17Cl2NO3. The van der Waals surface area contributed by atoms with Crippen molar-refractivity contribution in [2.45, 2.75) is 6.54 Å². The summed E-state index contributed by atoms with van der Waals surface area (Å²) in [5.74, 6) is -0.0112. The highest BCUT2D eigenvalue weighted by atomic mass is 35.5. The first-order valence-corrected chi connectivity index (χ1v) is 9.99. The fraction of sp³-hybridized carbons (Fsp3) is 0.0833. The molecule has 3 aromatic carbocycles. The van der Waals surface area contributed by atoms with Gasteiger partial charge in [0.15, 0.2) is 0 Å². The summed E-state index contributed by atoms with van der Waals surface area (Å²) in [5.41, 5.74) is 2.87. The molecule has 0 N–H and O–H groups in total. The maximum Gasteiger partial charge on any atom is 0.261 e. The van der Waals surface area contributed by atoms with Crippen LogP contribution in [-0.4, -0.2) is 23.8 Å². The van der Waals surface area contributed by atoms with Crippen LogP contribution >= 0.6 is 23.2 Å². The zero-order valence-electron chi connectivity index (χ0n) is 16.1. The number of hydrogen-bond donors (Lipinski definition) is 0. The van der Waals surface area contributed by atoms with Gasteiger partial charge in [-0.05, 0) is 47.0 Å². The van der Waals surface area contributed by atoms with Crippen LogP contribution in [0.4, 0.5) is 0 Å². The van der Waals surface area contributed by atoms with Crippen molar-refractivity contribution in [3.05, 3.63) is 99.0 Å². The van der Waals surface area contributed by atoms with Crippen molar-refractivity contribution in [2.75, 3.05) is 7.11 Å². The predicted molar refractivity (Wildman–Crippen MR) is 119 cm³/mol. The van der Waals surface area contributed by atoms with Crippen molar-refractivity contribution in [3.8, 4) is 5.75 Å². The van der Waals surface area contributed by atoms with Gasteiger partial charge < -0.3 is 4.74 Å². The molecule has 3 aromatic rings. The highest BCUT2D eigenvalue weighted by Crippen LogP contribution is 2.34. The van der Waals surface area contributed by atoms with Gasteiger partial charge >= 0.3 is 0 Å². The zero-order valence-corrected chi connectivity index (χ0v) is 17.6. The molecule has 0 saturated heterocycles. The lowest BCUT2D eigenvalue weighted by atomic mass is 9.91. The van der Waals surface area contributed by atoms with Crippen LogP contribution in [0.3, 0.4) is 0 Å². The van der Waals surface area contributed by atoms with E-state index in [0.717, 1.165) is 5.56 Å². The van der Waals surface area contributed by atoms with Crippen LogP contribution in [0.2, 0.25) is 10.0 Å². The van der Waals surface area contributed by atoms with E-state index in [0.29, 0.717) is 38.1 Å². The number of halogens is 2. The Kier molecular flexibility index (Phi) is 5.62. The van der Waals surface area contributed by atoms with E-state index in [4.69, 9.17) is 27.9 Å². The number of carbonyl (C=O) groups excluding carboxylic acids is 2. The summed E-state index contributed by atoms with van der Waals surface area (Å²) in [6, 6.07) is 19.5. The summed E-state index contributed by atoms with van der Waals surface area (Å²) in [6.07, 6.45) is 1.68. The molecule has 0 fully saturated rings. The van der Waals surface area contributed by atoms with E-state index < -0.39 is 0 Å². The molecule has 0 spiro atoms. The SMILES string of the molecule is COc1ccc(CN2C(=O)/C(=C\c3cccc(Cl)c3Cl)c3ccccc3C2=O)cc1. The Hall–Kier alpha value is -3.08. The number of fused-ring (bicyclic) bond motifs is 1. The van der Waals surface area contributed by atoms with Gasteiger partial charge in [0.2, 0.25) is 0 Å². The van der Waals surface area contributed by atoms with E-state index in [9.17, 15) is 9.59 Å². The summed E-state index contributed by atoms with van der Waals surface area (Å²) in [6.45, 7) is 0.149. The molecule has 0 saturated carbocycles. The van der Waals surface area contributed by atoms with Crippen LogP contribution in [-0.2, 0) is 11.3 Å². The summed E-state index contributed by atoms with van der Waals surface area (Å²) >= 11 is 12.5. The highest BCUT2D eigenvalue weighted by Gasteiger charge is 2.34. The molecule has 4 rings (SSSR count). The molecule has 0 radical (unpaired) electrons. The molecule has 1 aliphatic heterocycles. The Bertz CT molecular complexity index is 1170. The second kappa shape index (κ2) is 8.34. The number of amides is 2. The number of imide groups is 1. The minimum Gasteiger partial charge on any atom is -0.497 e. The number of hydrogen-bond acceptors (Lipinski definition) is 3. The average molecular weight is 438 g/mol. The van der Waals surface area contributed by atoms with E-state index >= 15 is 0 Å². The van der Waals surface area contributed by atoms with Crippen molar-refractivity contribution in [2.24, 2.45) is 0 Å². The minimum atomic E-state index is -0.384. The second-order valence-electron chi connectivity index (χ2n) is 6.79. The highest BCUT2D eigenvalue weighted by molar-refractivity contribution is 6.43. The van der Waals surface area contributed by atoms with Crippen LogP contribution in [0.1, 0.15) is 27.0 Å². The second-order valence-corrected chi connectivity index (χ2v) is 7.58. The Labute approximate surface area is 184 Å². The Morgan fingerprint density at radius 2 is 1.57 bits per heavy atom. The number of methoxy groups -OCH3 is 1. The van der Waals surface area contributed by atoms with E-state index in [-0.39, 0.29) is 18.4 Å². The Morgan fingerprint density at radius 1 is 0.867 bits per heavy atom. The lowest BCUT2D eigenvalue weighted by Crippen LogP contribution is -2.41. The van der Waals surface area contributed by atoms with E-state index in [2.05, 4.69) is 0 Å². The van der Waals surface area contributed by atoms with Crippen molar-refractivity contribution in [1.29, 1.82) is 0 Å². The van der Waals surface area contributed by atoms with Gasteiger partial charge in [0.05, 0.1) is 23.7 Å². The predicted octanol–water partition coefficient (Wildman–Crippen LogP) is 5.73. The molecule has 0 atom stereocenters. The summed E-state index contributed by atoms with van der Waals surface area (Å²) < 4.78 is 5.17. The van der Waals surface area contributed by atoms with Crippen LogP contribution in [0.15, 0.2) is 66.7 Å². The fourth-order valence-electron chi connectivity index (χ4n) is 3.39. The summed E-state index contributed by atoms with van der Waals surface area (Å²) in [7, 11) is 1.58. The van der Waals surface area contributed by atoms with Crippen molar-refractivity contribution < 1.29 is 14.3 Å². The monoisotopic (exact) mass is 437 g/mol. The molecule has 4 nitrogen and oxygen atoms in total. The summed E-state index contributed by atoms with van der Waals surface area (Å²) in [5, 5.41) is 0.754. The zero-order chi connectivity index (χ0) is 21.3. The molecular weight excluding hydrogens is 421 g/mol. The lowest BCUT2D eigenvalue weighted by Gasteiger charge is -2.29. The molecule has 1 heterocycles. The number of ether oxygens (including phenoxy) is 1. The fourth-order valence-corrected chi connectivity index (χ4v) is 3.75. The number of nitrogens with zero attached hydrogens (tertiary/aromatic N) is 1. The number of benzene rings is 3. The third-order valence-electron chi connectivity index (χ3n) is 4.95. The lowest BCUT2D eigenvalue weighted by molar-refractivity contribution is -0.123. The molecule has 0 bridgehead atoms. The quantitative estimate of drug-likeness (QED) is 0.386. The molecule has 6 heteroatoms. The Balaban J connectivity index is 1.79. The number of carbonyl (C=O) groups is 2. The van der Waals surface area contributed by atoms with Crippen LogP contribution in [0, 0.1) is 0 Å². The maximum atomic E-state index is 13.4. The van der Waals surface area contributed by atoms with Gasteiger partial charge in [-0.2, -0.15) is 0 Å². The van der Waals surface area contributed by atoms with Crippen molar-refractivity contribution in [1.82, 2.24) is 4.90 Å². The molecule has 0 aromatic heterocycles.